The number of benzene rings is 2. The number of halogens is 1. The molecule has 1 N–H and O–H groups in total. The Kier molecular flexibility index (Phi) is 4.95. The van der Waals surface area contributed by atoms with Crippen LogP contribution in [0, 0.1) is 12.7 Å². The van der Waals surface area contributed by atoms with Gasteiger partial charge in [-0.3, -0.25) is 4.79 Å². The molecule has 138 valence electrons. The lowest BCUT2D eigenvalue weighted by molar-refractivity contribution is 0.0684. The first kappa shape index (κ1) is 18.6. The predicted molar refractivity (Wildman–Crippen MR) is 103 cm³/mol. The fourth-order valence-corrected chi connectivity index (χ4v) is 3.38. The zero-order chi connectivity index (χ0) is 19.7. The summed E-state index contributed by atoms with van der Waals surface area (Å²) in [5, 5.41) is 9.94. The van der Waals surface area contributed by atoms with E-state index in [0.29, 0.717) is 28.5 Å². The number of hydrogen-bond acceptors (Lipinski definition) is 2. The number of hydrogen-bond donors (Lipinski definition) is 1. The molecule has 0 atom stereocenters. The second kappa shape index (κ2) is 7.19. The highest BCUT2D eigenvalue weighted by atomic mass is 19.1. The van der Waals surface area contributed by atoms with Crippen molar-refractivity contribution in [3.8, 4) is 22.3 Å². The lowest BCUT2D eigenvalue weighted by atomic mass is 9.94. The van der Waals surface area contributed by atoms with Gasteiger partial charge in [0.2, 0.25) is 0 Å². The molecule has 0 aliphatic rings. The van der Waals surface area contributed by atoms with Crippen molar-refractivity contribution in [2.24, 2.45) is 0 Å². The zero-order valence-corrected chi connectivity index (χ0v) is 15.4. The fraction of sp³-hybridized carbons (Fsp3) is 0.182. The van der Waals surface area contributed by atoms with Gasteiger partial charge in [-0.15, -0.1) is 0 Å². The number of aryl methyl sites for hydroxylation is 1. The third-order valence-electron chi connectivity index (χ3n) is 4.55. The Morgan fingerprint density at radius 3 is 2.00 bits per heavy atom. The molecule has 3 aromatic rings. The summed E-state index contributed by atoms with van der Waals surface area (Å²) in [7, 11) is 0. The second-order valence-corrected chi connectivity index (χ2v) is 6.74. The van der Waals surface area contributed by atoms with Crippen LogP contribution in [-0.4, -0.2) is 21.9 Å². The van der Waals surface area contributed by atoms with Crippen molar-refractivity contribution >= 4 is 12.3 Å². The molecule has 0 bridgehead atoms. The van der Waals surface area contributed by atoms with Crippen LogP contribution < -0.4 is 0 Å². The summed E-state index contributed by atoms with van der Waals surface area (Å²) in [6.07, 6.45) is 0.669. The van der Waals surface area contributed by atoms with Gasteiger partial charge in [0.25, 0.3) is 0 Å². The van der Waals surface area contributed by atoms with Crippen molar-refractivity contribution in [1.82, 2.24) is 4.57 Å². The number of carboxylic acid groups (broad SMARTS) is 1. The molecule has 3 rings (SSSR count). The van der Waals surface area contributed by atoms with Crippen LogP contribution in [0.5, 0.6) is 0 Å². The summed E-state index contributed by atoms with van der Waals surface area (Å²) in [6, 6.07) is 12.9. The van der Waals surface area contributed by atoms with Crippen LogP contribution in [0.4, 0.5) is 4.39 Å². The Labute approximate surface area is 156 Å². The van der Waals surface area contributed by atoms with Gasteiger partial charge >= 0.3 is 5.97 Å². The van der Waals surface area contributed by atoms with Crippen LogP contribution in [-0.2, 0) is 0 Å². The van der Waals surface area contributed by atoms with Crippen LogP contribution in [0.25, 0.3) is 22.3 Å². The van der Waals surface area contributed by atoms with Crippen molar-refractivity contribution in [3.63, 3.8) is 0 Å². The number of carboxylic acids is 1. The Morgan fingerprint density at radius 1 is 1.00 bits per heavy atom. The van der Waals surface area contributed by atoms with Gasteiger partial charge in [-0.2, -0.15) is 0 Å². The standard InChI is InChI=1S/C22H20FNO3/c1-13(2)24-18(12-25)19(15-8-10-17(23)11-9-15)20(21(24)22(26)27)16-6-4-14(3)5-7-16/h4-13H,1-3H3,(H,26,27). The van der Waals surface area contributed by atoms with Crippen LogP contribution in [0.15, 0.2) is 48.5 Å². The number of carbonyl (C=O) groups excluding carboxylic acids is 1. The smallest absolute Gasteiger partial charge is 0.353 e. The molecule has 5 heteroatoms. The molecule has 0 aliphatic carbocycles. The summed E-state index contributed by atoms with van der Waals surface area (Å²) in [6.45, 7) is 5.60. The number of nitrogens with zero attached hydrogens (tertiary/aromatic N) is 1. The van der Waals surface area contributed by atoms with Crippen molar-refractivity contribution in [2.75, 3.05) is 0 Å². The third kappa shape index (κ3) is 3.28. The zero-order valence-electron chi connectivity index (χ0n) is 15.4. The van der Waals surface area contributed by atoms with Crippen molar-refractivity contribution in [2.45, 2.75) is 26.8 Å². The molecule has 1 aromatic heterocycles. The number of aromatic carboxylic acids is 1. The van der Waals surface area contributed by atoms with Crippen LogP contribution >= 0.6 is 0 Å². The molecule has 0 radical (unpaired) electrons. The lowest BCUT2D eigenvalue weighted by Crippen LogP contribution is -2.13. The largest absolute Gasteiger partial charge is 0.477 e. The number of carbonyl (C=O) groups is 2. The molecule has 0 saturated carbocycles. The van der Waals surface area contributed by atoms with Crippen LogP contribution in [0.3, 0.4) is 0 Å². The van der Waals surface area contributed by atoms with Gasteiger partial charge in [-0.25, -0.2) is 9.18 Å². The monoisotopic (exact) mass is 365 g/mol. The van der Waals surface area contributed by atoms with Crippen LogP contribution in [0.1, 0.15) is 46.4 Å². The molecule has 0 aliphatic heterocycles. The Hall–Kier alpha value is -3.21. The lowest BCUT2D eigenvalue weighted by Gasteiger charge is -2.13. The highest BCUT2D eigenvalue weighted by molar-refractivity contribution is 6.06. The molecular weight excluding hydrogens is 345 g/mol. The van der Waals surface area contributed by atoms with E-state index in [4.69, 9.17) is 0 Å². The quantitative estimate of drug-likeness (QED) is 0.619. The van der Waals surface area contributed by atoms with Gasteiger partial charge in [-0.1, -0.05) is 42.0 Å². The summed E-state index contributed by atoms with van der Waals surface area (Å²) in [4.78, 5) is 24.1. The maximum Gasteiger partial charge on any atom is 0.353 e. The van der Waals surface area contributed by atoms with E-state index < -0.39 is 11.8 Å². The van der Waals surface area contributed by atoms with Crippen molar-refractivity contribution in [3.05, 3.63) is 71.3 Å². The van der Waals surface area contributed by atoms with E-state index in [1.165, 1.54) is 16.7 Å². The number of aromatic nitrogens is 1. The maximum absolute atomic E-state index is 13.4. The first-order chi connectivity index (χ1) is 12.8. The van der Waals surface area contributed by atoms with Gasteiger partial charge < -0.3 is 9.67 Å². The van der Waals surface area contributed by atoms with Crippen molar-refractivity contribution in [1.29, 1.82) is 0 Å². The van der Waals surface area contributed by atoms with Crippen LogP contribution in [0.2, 0.25) is 0 Å². The predicted octanol–water partition coefficient (Wildman–Crippen LogP) is 5.36. The average Bonchev–Trinajstić information content (AvgIpc) is 2.98. The number of aldehydes is 1. The molecule has 2 aromatic carbocycles. The Balaban J connectivity index is 2.47. The summed E-state index contributed by atoms with van der Waals surface area (Å²) >= 11 is 0. The molecular formula is C22H20FNO3. The van der Waals surface area contributed by atoms with E-state index in [9.17, 15) is 19.1 Å². The van der Waals surface area contributed by atoms with E-state index in [1.54, 1.807) is 12.1 Å². The van der Waals surface area contributed by atoms with E-state index in [2.05, 4.69) is 0 Å². The topological polar surface area (TPSA) is 59.3 Å². The number of rotatable bonds is 5. The van der Waals surface area contributed by atoms with Gasteiger partial charge in [0.15, 0.2) is 6.29 Å². The molecule has 0 unspecified atom stereocenters. The normalized spacial score (nSPS) is 11.0. The molecule has 27 heavy (non-hydrogen) atoms. The maximum atomic E-state index is 13.4. The minimum atomic E-state index is -1.12. The second-order valence-electron chi connectivity index (χ2n) is 6.74. The third-order valence-corrected chi connectivity index (χ3v) is 4.55. The van der Waals surface area contributed by atoms with Gasteiger partial charge in [-0.05, 0) is 44.0 Å². The Bertz CT molecular complexity index is 1000. The van der Waals surface area contributed by atoms with Gasteiger partial charge in [0.05, 0.1) is 5.69 Å². The van der Waals surface area contributed by atoms with E-state index in [-0.39, 0.29) is 17.4 Å². The van der Waals surface area contributed by atoms with E-state index in [0.717, 1.165) is 5.56 Å². The fourth-order valence-electron chi connectivity index (χ4n) is 3.38. The summed E-state index contributed by atoms with van der Waals surface area (Å²) in [5.41, 5.74) is 3.61. The van der Waals surface area contributed by atoms with E-state index >= 15 is 0 Å². The molecule has 0 spiro atoms. The van der Waals surface area contributed by atoms with E-state index in [1.807, 2.05) is 45.0 Å². The molecule has 4 nitrogen and oxygen atoms in total. The first-order valence-electron chi connectivity index (χ1n) is 8.64. The van der Waals surface area contributed by atoms with Crippen molar-refractivity contribution < 1.29 is 19.1 Å². The molecule has 0 amide bonds. The van der Waals surface area contributed by atoms with Gasteiger partial charge in [0.1, 0.15) is 11.5 Å². The first-order valence-corrected chi connectivity index (χ1v) is 8.64. The van der Waals surface area contributed by atoms with Gasteiger partial charge in [0, 0.05) is 17.2 Å². The summed E-state index contributed by atoms with van der Waals surface area (Å²) < 4.78 is 15.0. The SMILES string of the molecule is Cc1ccc(-c2c(-c3ccc(F)cc3)c(C=O)n(C(C)C)c2C(=O)O)cc1. The molecule has 1 heterocycles. The molecule has 0 saturated heterocycles. The minimum Gasteiger partial charge on any atom is -0.477 e. The minimum absolute atomic E-state index is 0.0512. The Morgan fingerprint density at radius 2 is 1.52 bits per heavy atom. The molecule has 0 fully saturated rings. The summed E-state index contributed by atoms with van der Waals surface area (Å²) in [5.74, 6) is -1.51. The highest BCUT2D eigenvalue weighted by Crippen LogP contribution is 2.41. The highest BCUT2D eigenvalue weighted by Gasteiger charge is 2.29. The average molecular weight is 365 g/mol.